The third-order valence-electron chi connectivity index (χ3n) is 5.93. The molecule has 0 aliphatic rings. The van der Waals surface area contributed by atoms with Gasteiger partial charge < -0.3 is 14.9 Å². The minimum atomic E-state index is -1.03. The highest BCUT2D eigenvalue weighted by molar-refractivity contribution is 8.16. The molecule has 1 heterocycles. The van der Waals surface area contributed by atoms with Crippen LogP contribution in [0.15, 0.2) is 113 Å². The number of halogens is 1. The van der Waals surface area contributed by atoms with Crippen molar-refractivity contribution in [2.45, 2.75) is 21.0 Å². The molecule has 0 saturated carbocycles. The minimum Gasteiger partial charge on any atom is -0.487 e. The van der Waals surface area contributed by atoms with Gasteiger partial charge in [0.1, 0.15) is 12.4 Å². The van der Waals surface area contributed by atoms with Gasteiger partial charge in [-0.15, -0.1) is 23.5 Å². The number of benzene rings is 4. The number of carbonyl (C=O) groups is 2. The Labute approximate surface area is 244 Å². The maximum absolute atomic E-state index is 11.9. The van der Waals surface area contributed by atoms with E-state index in [1.54, 1.807) is 48.5 Å². The number of ether oxygens (including phenoxy) is 1. The Hall–Kier alpha value is -3.98. The van der Waals surface area contributed by atoms with Crippen molar-refractivity contribution < 1.29 is 24.5 Å². The number of fused-ring (bicyclic) bond motifs is 1. The van der Waals surface area contributed by atoms with Crippen molar-refractivity contribution in [2.24, 2.45) is 0 Å². The van der Waals surface area contributed by atoms with Crippen LogP contribution >= 0.6 is 35.1 Å². The van der Waals surface area contributed by atoms with E-state index in [9.17, 15) is 19.8 Å². The fraction of sp³-hybridized carbons (Fsp3) is 0.0645. The largest absolute Gasteiger partial charge is 0.487 e. The number of carboxylic acid groups (broad SMARTS) is 2. The molecular formula is C31H22ClNO5S2. The molecule has 0 atom stereocenters. The molecule has 2 N–H and O–H groups in total. The van der Waals surface area contributed by atoms with E-state index in [2.05, 4.69) is 4.98 Å². The maximum Gasteiger partial charge on any atom is 0.336 e. The molecule has 0 spiro atoms. The average Bonchev–Trinajstić information content (AvgIpc) is 2.96. The summed E-state index contributed by atoms with van der Waals surface area (Å²) in [6, 6.07) is 30.5. The van der Waals surface area contributed by atoms with E-state index in [0.717, 1.165) is 22.2 Å². The van der Waals surface area contributed by atoms with Crippen molar-refractivity contribution in [1.82, 2.24) is 4.98 Å². The smallest absolute Gasteiger partial charge is 0.336 e. The van der Waals surface area contributed by atoms with Crippen molar-refractivity contribution in [3.05, 3.63) is 131 Å². The maximum atomic E-state index is 11.9. The number of aromatic nitrogens is 1. The lowest BCUT2D eigenvalue weighted by atomic mass is 10.2. The third kappa shape index (κ3) is 6.59. The number of nitrogens with zero attached hydrogens (tertiary/aromatic N) is 1. The van der Waals surface area contributed by atoms with Crippen molar-refractivity contribution in [3.63, 3.8) is 0 Å². The summed E-state index contributed by atoms with van der Waals surface area (Å²) in [4.78, 5) is 29.6. The summed E-state index contributed by atoms with van der Waals surface area (Å²) in [7, 11) is 0. The number of hydrogen-bond acceptors (Lipinski definition) is 6. The second-order valence-corrected chi connectivity index (χ2v) is 11.7. The Balaban J connectivity index is 1.44. The summed E-state index contributed by atoms with van der Waals surface area (Å²) in [6.07, 6.45) is 0. The Morgan fingerprint density at radius 2 is 1.40 bits per heavy atom. The lowest BCUT2D eigenvalue weighted by Crippen LogP contribution is -2.02. The van der Waals surface area contributed by atoms with Crippen LogP contribution in [0.3, 0.4) is 0 Å². The highest BCUT2D eigenvalue weighted by Crippen LogP contribution is 2.49. The monoisotopic (exact) mass is 587 g/mol. The van der Waals surface area contributed by atoms with Crippen molar-refractivity contribution in [1.29, 1.82) is 0 Å². The van der Waals surface area contributed by atoms with Gasteiger partial charge in [-0.3, -0.25) is 0 Å². The number of carboxylic acids is 2. The van der Waals surface area contributed by atoms with Crippen LogP contribution in [0.2, 0.25) is 5.02 Å². The van der Waals surface area contributed by atoms with E-state index in [0.29, 0.717) is 20.6 Å². The summed E-state index contributed by atoms with van der Waals surface area (Å²) in [6.45, 7) is 0.237. The van der Waals surface area contributed by atoms with E-state index in [1.807, 2.05) is 54.6 Å². The van der Waals surface area contributed by atoms with Crippen LogP contribution in [-0.4, -0.2) is 27.1 Å². The van der Waals surface area contributed by atoms with Crippen LogP contribution < -0.4 is 4.74 Å². The molecule has 0 amide bonds. The Kier molecular flexibility index (Phi) is 8.60. The van der Waals surface area contributed by atoms with Crippen molar-refractivity contribution in [2.75, 3.05) is 0 Å². The SMILES string of the molecule is O=C(O)c1ccccc1SC(Sc1ccccc1C(=O)O)c1cccc(OCc2ccc3ccc(Cl)cc3n2)c1. The van der Waals surface area contributed by atoms with Crippen molar-refractivity contribution >= 4 is 58.0 Å². The average molecular weight is 588 g/mol. The van der Waals surface area contributed by atoms with Gasteiger partial charge in [0.15, 0.2) is 0 Å². The van der Waals surface area contributed by atoms with E-state index in [-0.39, 0.29) is 22.3 Å². The Morgan fingerprint density at radius 1 is 0.775 bits per heavy atom. The fourth-order valence-electron chi connectivity index (χ4n) is 4.00. The topological polar surface area (TPSA) is 96.7 Å². The number of aromatic carboxylic acids is 2. The molecule has 40 heavy (non-hydrogen) atoms. The zero-order valence-corrected chi connectivity index (χ0v) is 23.2. The van der Waals surface area contributed by atoms with E-state index < -0.39 is 11.9 Å². The first kappa shape index (κ1) is 27.6. The molecule has 200 valence electrons. The summed E-state index contributed by atoms with van der Waals surface area (Å²) >= 11 is 8.81. The Bertz CT molecular complexity index is 1650. The van der Waals surface area contributed by atoms with Crippen LogP contribution in [0.25, 0.3) is 10.9 Å². The van der Waals surface area contributed by atoms with Gasteiger partial charge in [-0.2, -0.15) is 0 Å². The first-order valence-electron chi connectivity index (χ1n) is 12.1. The lowest BCUT2D eigenvalue weighted by molar-refractivity contribution is 0.0682. The van der Waals surface area contributed by atoms with E-state index in [4.69, 9.17) is 16.3 Å². The molecule has 9 heteroatoms. The van der Waals surface area contributed by atoms with Crippen LogP contribution in [0.1, 0.15) is 36.6 Å². The molecule has 0 saturated heterocycles. The van der Waals surface area contributed by atoms with Gasteiger partial charge in [0.05, 0.1) is 26.9 Å². The minimum absolute atomic E-state index is 0.180. The predicted molar refractivity (Wildman–Crippen MR) is 159 cm³/mol. The molecule has 6 nitrogen and oxygen atoms in total. The van der Waals surface area contributed by atoms with E-state index >= 15 is 0 Å². The molecule has 0 aliphatic heterocycles. The number of rotatable bonds is 10. The number of hydrogen-bond donors (Lipinski definition) is 2. The van der Waals surface area contributed by atoms with Gasteiger partial charge in [0, 0.05) is 20.2 Å². The van der Waals surface area contributed by atoms with Crippen LogP contribution in [0, 0.1) is 0 Å². The quantitative estimate of drug-likeness (QED) is 0.124. The molecule has 4 aromatic carbocycles. The highest BCUT2D eigenvalue weighted by atomic mass is 35.5. The molecule has 5 aromatic rings. The predicted octanol–water partition coefficient (Wildman–Crippen LogP) is 8.45. The standard InChI is InChI=1S/C31H22ClNO5S2/c32-21-14-12-19-13-15-22(33-26(19)17-21)18-38-23-7-5-6-20(16-23)31(39-27-10-3-1-8-24(27)29(34)35)40-28-11-4-2-9-25(28)30(36)37/h1-17,31H,18H2,(H,34,35)(H,36,37). The molecule has 1 aromatic heterocycles. The van der Waals surface area contributed by atoms with Gasteiger partial charge in [-0.25, -0.2) is 14.6 Å². The molecular weight excluding hydrogens is 566 g/mol. The van der Waals surface area contributed by atoms with Gasteiger partial charge >= 0.3 is 11.9 Å². The summed E-state index contributed by atoms with van der Waals surface area (Å²) in [5.74, 6) is -1.45. The van der Waals surface area contributed by atoms with Gasteiger partial charge in [-0.1, -0.05) is 60.1 Å². The molecule has 0 aliphatic carbocycles. The summed E-state index contributed by atoms with van der Waals surface area (Å²) < 4.78 is 5.71. The van der Waals surface area contributed by atoms with Gasteiger partial charge in [-0.05, 0) is 60.2 Å². The zero-order chi connectivity index (χ0) is 28.1. The van der Waals surface area contributed by atoms with Crippen molar-refractivity contribution in [3.8, 4) is 5.75 Å². The van der Waals surface area contributed by atoms with Crippen LogP contribution in [0.5, 0.6) is 5.75 Å². The molecule has 0 fully saturated rings. The Morgan fingerprint density at radius 3 is 2.05 bits per heavy atom. The molecule has 0 unspecified atom stereocenters. The number of pyridine rings is 1. The molecule has 5 rings (SSSR count). The fourth-order valence-corrected chi connectivity index (χ4v) is 6.89. The summed E-state index contributed by atoms with van der Waals surface area (Å²) in [5.41, 5.74) is 2.72. The lowest BCUT2D eigenvalue weighted by Gasteiger charge is -2.20. The van der Waals surface area contributed by atoms with Crippen LogP contribution in [0.4, 0.5) is 0 Å². The second kappa shape index (κ2) is 12.5. The van der Waals surface area contributed by atoms with Gasteiger partial charge in [0.2, 0.25) is 0 Å². The molecule has 0 radical (unpaired) electrons. The third-order valence-corrected chi connectivity index (χ3v) is 8.94. The second-order valence-electron chi connectivity index (χ2n) is 8.67. The van der Waals surface area contributed by atoms with E-state index in [1.165, 1.54) is 23.5 Å². The summed E-state index contributed by atoms with van der Waals surface area (Å²) in [5, 5.41) is 21.0. The highest BCUT2D eigenvalue weighted by Gasteiger charge is 2.22. The molecule has 0 bridgehead atoms. The zero-order valence-electron chi connectivity index (χ0n) is 20.9. The normalized spacial score (nSPS) is 11.1. The van der Waals surface area contributed by atoms with Gasteiger partial charge in [0.25, 0.3) is 0 Å². The first-order chi connectivity index (χ1) is 19.4. The van der Waals surface area contributed by atoms with Crippen LogP contribution in [-0.2, 0) is 6.61 Å². The number of thioether (sulfide) groups is 2. The first-order valence-corrected chi connectivity index (χ1v) is 14.3.